The largest absolute Gasteiger partial charge is 0.394 e. The number of aromatic nitrogens is 2. The van der Waals surface area contributed by atoms with Crippen LogP contribution in [0.3, 0.4) is 0 Å². The Hall–Kier alpha value is -1.19. The summed E-state index contributed by atoms with van der Waals surface area (Å²) in [7, 11) is 0. The number of aryl methyl sites for hydroxylation is 2. The van der Waals surface area contributed by atoms with Gasteiger partial charge in [0.05, 0.1) is 11.4 Å². The van der Waals surface area contributed by atoms with Gasteiger partial charge in [0.2, 0.25) is 0 Å². The number of nitrogens with zero attached hydrogens (tertiary/aromatic N) is 3. The number of piperidine rings is 1. The van der Waals surface area contributed by atoms with Gasteiger partial charge in [-0.1, -0.05) is 33.6 Å². The summed E-state index contributed by atoms with van der Waals surface area (Å²) in [5.74, 6) is 1.16. The normalized spacial score (nSPS) is 18.5. The molecule has 1 aromatic rings. The minimum Gasteiger partial charge on any atom is -0.394 e. The molecule has 0 amide bonds. The number of hydrogen-bond donors (Lipinski definition) is 1. The monoisotopic (exact) mass is 278 g/mol. The van der Waals surface area contributed by atoms with Gasteiger partial charge in [-0.05, 0) is 31.6 Å². The van der Waals surface area contributed by atoms with Gasteiger partial charge in [-0.25, -0.2) is 4.68 Å². The highest BCUT2D eigenvalue weighted by Gasteiger charge is 2.33. The maximum atomic E-state index is 6.27. The zero-order chi connectivity index (χ0) is 14.8. The lowest BCUT2D eigenvalue weighted by molar-refractivity contribution is 0.198. The lowest BCUT2D eigenvalue weighted by Gasteiger charge is -2.42. The third kappa shape index (κ3) is 2.65. The molecule has 0 bridgehead atoms. The Morgan fingerprint density at radius 3 is 2.25 bits per heavy atom. The summed E-state index contributed by atoms with van der Waals surface area (Å²) >= 11 is 0. The van der Waals surface area contributed by atoms with Crippen LogP contribution in [0.1, 0.15) is 58.6 Å². The molecule has 1 fully saturated rings. The lowest BCUT2D eigenvalue weighted by Crippen LogP contribution is -2.40. The van der Waals surface area contributed by atoms with Gasteiger partial charge in [-0.15, -0.1) is 0 Å². The molecule has 0 aliphatic carbocycles. The molecule has 1 aliphatic heterocycles. The molecule has 1 aromatic heterocycles. The van der Waals surface area contributed by atoms with Crippen LogP contribution >= 0.6 is 0 Å². The van der Waals surface area contributed by atoms with Gasteiger partial charge >= 0.3 is 0 Å². The molecule has 1 saturated heterocycles. The number of nitrogens with two attached hydrogens (primary N) is 1. The van der Waals surface area contributed by atoms with Crippen LogP contribution in [0, 0.1) is 12.3 Å². The molecule has 0 unspecified atom stereocenters. The van der Waals surface area contributed by atoms with E-state index in [0.717, 1.165) is 43.3 Å². The van der Waals surface area contributed by atoms with Gasteiger partial charge in [0.1, 0.15) is 0 Å². The van der Waals surface area contributed by atoms with E-state index in [1.807, 2.05) is 6.92 Å². The van der Waals surface area contributed by atoms with Crippen LogP contribution in [-0.4, -0.2) is 22.9 Å². The zero-order valence-corrected chi connectivity index (χ0v) is 13.6. The van der Waals surface area contributed by atoms with E-state index in [1.165, 1.54) is 25.7 Å². The number of nitrogen functional groups attached to an aromatic ring is 1. The van der Waals surface area contributed by atoms with Crippen molar-refractivity contribution in [1.82, 2.24) is 9.78 Å². The topological polar surface area (TPSA) is 47.1 Å². The van der Waals surface area contributed by atoms with Crippen molar-refractivity contribution in [2.24, 2.45) is 5.41 Å². The predicted octanol–water partition coefficient (Wildman–Crippen LogP) is 3.59. The molecule has 0 spiro atoms. The number of anilines is 2. The van der Waals surface area contributed by atoms with E-state index in [9.17, 15) is 0 Å². The molecule has 114 valence electrons. The van der Waals surface area contributed by atoms with Gasteiger partial charge in [0, 0.05) is 19.6 Å². The number of rotatable bonds is 5. The van der Waals surface area contributed by atoms with E-state index in [4.69, 9.17) is 5.73 Å². The van der Waals surface area contributed by atoms with Gasteiger partial charge in [-0.3, -0.25) is 0 Å². The van der Waals surface area contributed by atoms with Crippen molar-refractivity contribution in [3.05, 3.63) is 5.69 Å². The standard InChI is InChI=1S/C16H30N4/c1-5-10-20-15(14(17)13(4)18-20)19-11-8-16(6-2,7-3)9-12-19/h5-12,17H2,1-4H3. The molecule has 20 heavy (non-hydrogen) atoms. The Bertz CT molecular complexity index is 436. The smallest absolute Gasteiger partial charge is 0.150 e. The summed E-state index contributed by atoms with van der Waals surface area (Å²) in [6.07, 6.45) is 6.22. The Morgan fingerprint density at radius 2 is 1.75 bits per heavy atom. The highest BCUT2D eigenvalue weighted by molar-refractivity contribution is 5.66. The molecule has 0 radical (unpaired) electrons. The summed E-state index contributed by atoms with van der Waals surface area (Å²) in [6.45, 7) is 12.0. The molecular weight excluding hydrogens is 248 g/mol. The van der Waals surface area contributed by atoms with Crippen LogP contribution in [0.15, 0.2) is 0 Å². The minimum absolute atomic E-state index is 0.552. The molecule has 2 rings (SSSR count). The van der Waals surface area contributed by atoms with Crippen molar-refractivity contribution in [2.45, 2.75) is 66.3 Å². The zero-order valence-electron chi connectivity index (χ0n) is 13.6. The second-order valence-electron chi connectivity index (χ2n) is 6.24. The van der Waals surface area contributed by atoms with E-state index in [1.54, 1.807) is 0 Å². The number of hydrogen-bond acceptors (Lipinski definition) is 3. The average molecular weight is 278 g/mol. The SMILES string of the molecule is CCCn1nc(C)c(N)c1N1CCC(CC)(CC)CC1. The first-order chi connectivity index (χ1) is 9.56. The highest BCUT2D eigenvalue weighted by atomic mass is 15.4. The summed E-state index contributed by atoms with van der Waals surface area (Å²) in [6, 6.07) is 0. The van der Waals surface area contributed by atoms with Crippen LogP contribution in [0.2, 0.25) is 0 Å². The van der Waals surface area contributed by atoms with Crippen molar-refractivity contribution in [1.29, 1.82) is 0 Å². The van der Waals surface area contributed by atoms with Crippen LogP contribution in [-0.2, 0) is 6.54 Å². The summed E-state index contributed by atoms with van der Waals surface area (Å²) in [5, 5.41) is 4.60. The van der Waals surface area contributed by atoms with E-state index in [-0.39, 0.29) is 0 Å². The summed E-state index contributed by atoms with van der Waals surface area (Å²) < 4.78 is 2.11. The molecule has 0 saturated carbocycles. The second kappa shape index (κ2) is 6.06. The van der Waals surface area contributed by atoms with Crippen molar-refractivity contribution < 1.29 is 0 Å². The van der Waals surface area contributed by atoms with E-state index in [0.29, 0.717) is 5.41 Å². The molecular formula is C16H30N4. The Balaban J connectivity index is 2.18. The molecule has 4 nitrogen and oxygen atoms in total. The average Bonchev–Trinajstić information content (AvgIpc) is 2.75. The first kappa shape index (κ1) is 15.2. The van der Waals surface area contributed by atoms with Crippen molar-refractivity contribution in [2.75, 3.05) is 23.7 Å². The lowest BCUT2D eigenvalue weighted by atomic mass is 9.74. The molecule has 0 atom stereocenters. The quantitative estimate of drug-likeness (QED) is 0.895. The maximum Gasteiger partial charge on any atom is 0.150 e. The summed E-state index contributed by atoms with van der Waals surface area (Å²) in [5.41, 5.74) is 8.67. The second-order valence-corrected chi connectivity index (χ2v) is 6.24. The first-order valence-electron chi connectivity index (χ1n) is 8.14. The molecule has 4 heteroatoms. The third-order valence-electron chi connectivity index (χ3n) is 5.20. The van der Waals surface area contributed by atoms with Crippen molar-refractivity contribution in [3.8, 4) is 0 Å². The van der Waals surface area contributed by atoms with Crippen LogP contribution in [0.5, 0.6) is 0 Å². The van der Waals surface area contributed by atoms with Crippen LogP contribution < -0.4 is 10.6 Å². The Kier molecular flexibility index (Phi) is 4.61. The molecule has 2 N–H and O–H groups in total. The van der Waals surface area contributed by atoms with Gasteiger partial charge in [0.25, 0.3) is 0 Å². The maximum absolute atomic E-state index is 6.27. The Labute approximate surface area is 123 Å². The highest BCUT2D eigenvalue weighted by Crippen LogP contribution is 2.40. The summed E-state index contributed by atoms with van der Waals surface area (Å²) in [4.78, 5) is 2.45. The van der Waals surface area contributed by atoms with Gasteiger partial charge in [0.15, 0.2) is 5.82 Å². The first-order valence-corrected chi connectivity index (χ1v) is 8.14. The van der Waals surface area contributed by atoms with Gasteiger partial charge < -0.3 is 10.6 Å². The van der Waals surface area contributed by atoms with Crippen LogP contribution in [0.4, 0.5) is 11.5 Å². The van der Waals surface area contributed by atoms with Crippen molar-refractivity contribution >= 4 is 11.5 Å². The Morgan fingerprint density at radius 1 is 1.15 bits per heavy atom. The third-order valence-corrected chi connectivity index (χ3v) is 5.20. The van der Waals surface area contributed by atoms with E-state index >= 15 is 0 Å². The predicted molar refractivity (Wildman–Crippen MR) is 86.1 cm³/mol. The van der Waals surface area contributed by atoms with E-state index in [2.05, 4.69) is 35.5 Å². The van der Waals surface area contributed by atoms with Crippen LogP contribution in [0.25, 0.3) is 0 Å². The fourth-order valence-corrected chi connectivity index (χ4v) is 3.43. The fourth-order valence-electron chi connectivity index (χ4n) is 3.43. The molecule has 1 aliphatic rings. The van der Waals surface area contributed by atoms with Gasteiger partial charge in [-0.2, -0.15) is 5.10 Å². The molecule has 2 heterocycles. The fraction of sp³-hybridized carbons (Fsp3) is 0.812. The molecule has 0 aromatic carbocycles. The van der Waals surface area contributed by atoms with E-state index < -0.39 is 0 Å². The van der Waals surface area contributed by atoms with Crippen molar-refractivity contribution in [3.63, 3.8) is 0 Å². The minimum atomic E-state index is 0.552.